The molecule has 1 heterocycles. The largest absolute Gasteiger partial charge is 0.464 e. The van der Waals surface area contributed by atoms with E-state index in [-0.39, 0.29) is 18.7 Å². The number of rotatable bonds is 6. The van der Waals surface area contributed by atoms with Gasteiger partial charge >= 0.3 is 18.2 Å². The smallest absolute Gasteiger partial charge is 0.416 e. The van der Waals surface area contributed by atoms with Crippen LogP contribution in [0.2, 0.25) is 0 Å². The average Bonchev–Trinajstić information content (AvgIpc) is 3.07. The monoisotopic (exact) mass is 427 g/mol. The first-order valence-corrected chi connectivity index (χ1v) is 9.13. The van der Waals surface area contributed by atoms with Gasteiger partial charge in [0.2, 0.25) is 0 Å². The number of nitrogens with one attached hydrogen (secondary N) is 1. The van der Waals surface area contributed by atoms with Crippen molar-refractivity contribution >= 4 is 12.1 Å². The van der Waals surface area contributed by atoms with E-state index in [1.54, 1.807) is 20.8 Å². The van der Waals surface area contributed by atoms with Crippen molar-refractivity contribution in [2.45, 2.75) is 51.6 Å². The van der Waals surface area contributed by atoms with Gasteiger partial charge in [0.15, 0.2) is 0 Å². The summed E-state index contributed by atoms with van der Waals surface area (Å²) in [7, 11) is 1.23. The summed E-state index contributed by atoms with van der Waals surface area (Å²) in [6, 6.07) is 4.08. The van der Waals surface area contributed by atoms with Crippen LogP contribution in [0, 0.1) is 0 Å². The van der Waals surface area contributed by atoms with Gasteiger partial charge in [-0.15, -0.1) is 0 Å². The van der Waals surface area contributed by atoms with E-state index in [1.807, 2.05) is 0 Å². The van der Waals surface area contributed by atoms with E-state index in [1.165, 1.54) is 36.3 Å². The van der Waals surface area contributed by atoms with Gasteiger partial charge in [0.1, 0.15) is 11.3 Å². The molecule has 1 aromatic heterocycles. The number of hydrogen-bond donors (Lipinski definition) is 1. The number of aromatic nitrogens is 2. The fourth-order valence-corrected chi connectivity index (χ4v) is 2.73. The van der Waals surface area contributed by atoms with Crippen LogP contribution < -0.4 is 5.32 Å². The molecule has 0 saturated heterocycles. The minimum Gasteiger partial charge on any atom is -0.464 e. The van der Waals surface area contributed by atoms with Gasteiger partial charge in [0.25, 0.3) is 0 Å². The molecule has 2 aromatic rings. The summed E-state index contributed by atoms with van der Waals surface area (Å²) in [5.74, 6) is -0.599. The number of benzene rings is 1. The second kappa shape index (κ2) is 9.19. The summed E-state index contributed by atoms with van der Waals surface area (Å²) in [6.45, 7) is 5.26. The standard InChI is InChI=1S/C20H24F3N3O4/c1-19(2,3)30-18(28)25-15(11-26-12-24-10-16(26)17(27)29-4)9-13-5-7-14(8-6-13)20(21,22)23/h5-8,10,12,15H,9,11H2,1-4H3,(H,25,28). The fraction of sp³-hybridized carbons (Fsp3) is 0.450. The number of hydrogen-bond acceptors (Lipinski definition) is 5. The van der Waals surface area contributed by atoms with Crippen molar-refractivity contribution in [3.8, 4) is 0 Å². The van der Waals surface area contributed by atoms with Crippen molar-refractivity contribution in [3.05, 3.63) is 53.6 Å². The van der Waals surface area contributed by atoms with Crippen LogP contribution in [0.5, 0.6) is 0 Å². The molecule has 1 N–H and O–H groups in total. The Kier molecular flexibility index (Phi) is 7.12. The van der Waals surface area contributed by atoms with E-state index in [0.717, 1.165) is 12.1 Å². The van der Waals surface area contributed by atoms with E-state index < -0.39 is 35.4 Å². The molecule has 30 heavy (non-hydrogen) atoms. The number of carbonyl (C=O) groups excluding carboxylic acids is 2. The molecule has 0 saturated carbocycles. The summed E-state index contributed by atoms with van der Waals surface area (Å²) in [5, 5.41) is 2.71. The summed E-state index contributed by atoms with van der Waals surface area (Å²) >= 11 is 0. The van der Waals surface area contributed by atoms with E-state index in [0.29, 0.717) is 5.56 Å². The van der Waals surface area contributed by atoms with E-state index in [4.69, 9.17) is 9.47 Å². The van der Waals surface area contributed by atoms with Crippen LogP contribution in [0.3, 0.4) is 0 Å². The first-order chi connectivity index (χ1) is 13.9. The maximum Gasteiger partial charge on any atom is 0.416 e. The van der Waals surface area contributed by atoms with Crippen LogP contribution in [-0.4, -0.2) is 40.4 Å². The van der Waals surface area contributed by atoms with Crippen molar-refractivity contribution in [3.63, 3.8) is 0 Å². The lowest BCUT2D eigenvalue weighted by molar-refractivity contribution is -0.137. The Labute approximate surface area is 172 Å². The number of alkyl carbamates (subject to hydrolysis) is 1. The highest BCUT2D eigenvalue weighted by atomic mass is 19.4. The van der Waals surface area contributed by atoms with Crippen LogP contribution in [0.1, 0.15) is 42.4 Å². The van der Waals surface area contributed by atoms with Gasteiger partial charge in [-0.3, -0.25) is 0 Å². The highest BCUT2D eigenvalue weighted by Gasteiger charge is 2.30. The van der Waals surface area contributed by atoms with Crippen LogP contribution in [-0.2, 0) is 28.6 Å². The number of alkyl halides is 3. The van der Waals surface area contributed by atoms with Crippen LogP contribution in [0.15, 0.2) is 36.8 Å². The van der Waals surface area contributed by atoms with Gasteiger partial charge in [-0.25, -0.2) is 14.6 Å². The number of carbonyl (C=O) groups is 2. The Morgan fingerprint density at radius 2 is 1.80 bits per heavy atom. The third-order valence-electron chi connectivity index (χ3n) is 4.01. The second-order valence-electron chi connectivity index (χ2n) is 7.66. The first-order valence-electron chi connectivity index (χ1n) is 9.13. The molecule has 0 aliphatic rings. The Bertz CT molecular complexity index is 871. The molecular weight excluding hydrogens is 403 g/mol. The molecule has 2 rings (SSSR count). The minimum absolute atomic E-state index is 0.130. The van der Waals surface area contributed by atoms with Crippen LogP contribution in [0.4, 0.5) is 18.0 Å². The molecule has 1 atom stereocenters. The molecule has 10 heteroatoms. The van der Waals surface area contributed by atoms with Gasteiger partial charge in [0.05, 0.1) is 31.2 Å². The van der Waals surface area contributed by atoms with Gasteiger partial charge in [0, 0.05) is 6.54 Å². The van der Waals surface area contributed by atoms with Gasteiger partial charge < -0.3 is 19.4 Å². The van der Waals surface area contributed by atoms with E-state index in [9.17, 15) is 22.8 Å². The third-order valence-corrected chi connectivity index (χ3v) is 4.01. The molecule has 164 valence electrons. The second-order valence-corrected chi connectivity index (χ2v) is 7.66. The van der Waals surface area contributed by atoms with Gasteiger partial charge in [-0.2, -0.15) is 13.2 Å². The highest BCUT2D eigenvalue weighted by molar-refractivity contribution is 5.87. The van der Waals surface area contributed by atoms with E-state index in [2.05, 4.69) is 10.3 Å². The fourth-order valence-electron chi connectivity index (χ4n) is 2.73. The van der Waals surface area contributed by atoms with Crippen molar-refractivity contribution < 1.29 is 32.2 Å². The Morgan fingerprint density at radius 1 is 1.17 bits per heavy atom. The van der Waals surface area contributed by atoms with Crippen molar-refractivity contribution in [1.82, 2.24) is 14.9 Å². The maximum absolute atomic E-state index is 12.8. The van der Waals surface area contributed by atoms with E-state index >= 15 is 0 Å². The maximum atomic E-state index is 12.8. The molecule has 0 aliphatic carbocycles. The predicted molar refractivity (Wildman–Crippen MR) is 102 cm³/mol. The van der Waals surface area contributed by atoms with Crippen LogP contribution in [0.25, 0.3) is 0 Å². The number of methoxy groups -OCH3 is 1. The van der Waals surface area contributed by atoms with Crippen molar-refractivity contribution in [2.75, 3.05) is 7.11 Å². The summed E-state index contributed by atoms with van der Waals surface area (Å²) < 4.78 is 49.8. The Morgan fingerprint density at radius 3 is 2.33 bits per heavy atom. The molecule has 0 aliphatic heterocycles. The lowest BCUT2D eigenvalue weighted by Gasteiger charge is -2.24. The molecule has 1 amide bonds. The summed E-state index contributed by atoms with van der Waals surface area (Å²) in [4.78, 5) is 28.0. The topological polar surface area (TPSA) is 82.5 Å². The molecule has 0 radical (unpaired) electrons. The molecule has 0 spiro atoms. The summed E-state index contributed by atoms with van der Waals surface area (Å²) in [5.41, 5.74) is -0.731. The average molecular weight is 427 g/mol. The number of ether oxygens (including phenoxy) is 2. The number of imidazole rings is 1. The van der Waals surface area contributed by atoms with Crippen molar-refractivity contribution in [2.24, 2.45) is 0 Å². The number of amides is 1. The Hall–Kier alpha value is -3.04. The number of halogens is 3. The lowest BCUT2D eigenvalue weighted by atomic mass is 10.0. The zero-order valence-corrected chi connectivity index (χ0v) is 17.1. The first kappa shape index (κ1) is 23.2. The molecule has 1 unspecified atom stereocenters. The Balaban J connectivity index is 2.22. The summed E-state index contributed by atoms with van der Waals surface area (Å²) in [6.07, 6.45) is -2.18. The number of nitrogens with zero attached hydrogens (tertiary/aromatic N) is 2. The molecular formula is C20H24F3N3O4. The SMILES string of the molecule is COC(=O)c1cncn1CC(Cc1ccc(C(F)(F)F)cc1)NC(=O)OC(C)(C)C. The highest BCUT2D eigenvalue weighted by Crippen LogP contribution is 2.29. The minimum atomic E-state index is -4.43. The quantitative estimate of drug-likeness (QED) is 0.709. The molecule has 1 aromatic carbocycles. The lowest BCUT2D eigenvalue weighted by Crippen LogP contribution is -2.42. The number of esters is 1. The third kappa shape index (κ3) is 6.78. The zero-order chi connectivity index (χ0) is 22.5. The van der Waals surface area contributed by atoms with Gasteiger partial charge in [-0.05, 0) is 44.9 Å². The molecule has 7 nitrogen and oxygen atoms in total. The molecule has 0 fully saturated rings. The predicted octanol–water partition coefficient (Wildman–Crippen LogP) is 3.82. The zero-order valence-electron chi connectivity index (χ0n) is 17.1. The van der Waals surface area contributed by atoms with Gasteiger partial charge in [-0.1, -0.05) is 12.1 Å². The van der Waals surface area contributed by atoms with Crippen molar-refractivity contribution in [1.29, 1.82) is 0 Å². The van der Waals surface area contributed by atoms with Crippen LogP contribution >= 0.6 is 0 Å². The molecule has 0 bridgehead atoms. The normalized spacial score (nSPS) is 12.9.